The highest BCUT2D eigenvalue weighted by atomic mass is 19.3. The number of likely N-dealkylation sites (tertiary alicyclic amines) is 1. The Bertz CT molecular complexity index is 422. The van der Waals surface area contributed by atoms with Crippen molar-refractivity contribution in [2.24, 2.45) is 11.8 Å². The molecule has 5 nitrogen and oxygen atoms in total. The van der Waals surface area contributed by atoms with E-state index in [1.807, 2.05) is 0 Å². The molecule has 1 saturated carbocycles. The molecule has 3 fully saturated rings. The van der Waals surface area contributed by atoms with E-state index in [0.717, 1.165) is 0 Å². The molecule has 2 heterocycles. The minimum absolute atomic E-state index is 0.0326. The van der Waals surface area contributed by atoms with Gasteiger partial charge in [-0.3, -0.25) is 9.59 Å². The number of piperidine rings is 1. The van der Waals surface area contributed by atoms with Crippen molar-refractivity contribution in [2.75, 3.05) is 26.2 Å². The molecule has 7 heteroatoms. The molecule has 1 N–H and O–H groups in total. The number of hydrogen-bond donors (Lipinski definition) is 1. The number of nitrogens with one attached hydrogen (secondary N) is 1. The predicted molar refractivity (Wildman–Crippen MR) is 65.1 cm³/mol. The number of fused-ring (bicyclic) bond motifs is 1. The SMILES string of the molecule is O=C1NCCO[C@H]2CN(C(=O)C3CC(F)(F)C3)CC[C@@H]12. The number of alkyl halides is 2. The van der Waals surface area contributed by atoms with Crippen LogP contribution in [-0.4, -0.2) is 55.0 Å². The number of nitrogens with zero attached hydrogens (tertiary/aromatic N) is 1. The van der Waals surface area contributed by atoms with Gasteiger partial charge in [0.15, 0.2) is 0 Å². The molecule has 0 aromatic rings. The zero-order chi connectivity index (χ0) is 14.3. The van der Waals surface area contributed by atoms with Gasteiger partial charge in [-0.2, -0.15) is 0 Å². The smallest absolute Gasteiger partial charge is 0.249 e. The summed E-state index contributed by atoms with van der Waals surface area (Å²) in [6.45, 7) is 1.68. The van der Waals surface area contributed by atoms with Crippen LogP contribution in [0.3, 0.4) is 0 Å². The first-order valence-corrected chi connectivity index (χ1v) is 7.02. The molecule has 2 atom stereocenters. The van der Waals surface area contributed by atoms with Crippen molar-refractivity contribution < 1.29 is 23.1 Å². The van der Waals surface area contributed by atoms with Gasteiger partial charge in [-0.1, -0.05) is 0 Å². The minimum Gasteiger partial charge on any atom is -0.374 e. The molecular formula is C13H18F2N2O3. The number of hydrogen-bond acceptors (Lipinski definition) is 3. The molecule has 0 spiro atoms. The molecule has 0 aromatic carbocycles. The number of carbonyl (C=O) groups is 2. The van der Waals surface area contributed by atoms with Crippen molar-refractivity contribution >= 4 is 11.8 Å². The highest BCUT2D eigenvalue weighted by Gasteiger charge is 2.50. The Labute approximate surface area is 115 Å². The van der Waals surface area contributed by atoms with Crippen molar-refractivity contribution in [2.45, 2.75) is 31.3 Å². The van der Waals surface area contributed by atoms with E-state index in [1.165, 1.54) is 0 Å². The highest BCUT2D eigenvalue weighted by molar-refractivity contribution is 5.82. The lowest BCUT2D eigenvalue weighted by atomic mass is 9.79. The molecule has 2 amide bonds. The molecule has 0 radical (unpaired) electrons. The van der Waals surface area contributed by atoms with E-state index >= 15 is 0 Å². The summed E-state index contributed by atoms with van der Waals surface area (Å²) in [5.41, 5.74) is 0. The van der Waals surface area contributed by atoms with Crippen molar-refractivity contribution in [3.8, 4) is 0 Å². The normalized spacial score (nSPS) is 33.7. The summed E-state index contributed by atoms with van der Waals surface area (Å²) in [5.74, 6) is -3.74. The zero-order valence-electron chi connectivity index (χ0n) is 11.1. The van der Waals surface area contributed by atoms with Gasteiger partial charge in [-0.05, 0) is 6.42 Å². The van der Waals surface area contributed by atoms with Crippen molar-refractivity contribution in [1.29, 1.82) is 0 Å². The van der Waals surface area contributed by atoms with Gasteiger partial charge in [0.25, 0.3) is 0 Å². The van der Waals surface area contributed by atoms with Crippen LogP contribution < -0.4 is 5.32 Å². The molecule has 20 heavy (non-hydrogen) atoms. The zero-order valence-corrected chi connectivity index (χ0v) is 11.1. The van der Waals surface area contributed by atoms with Gasteiger partial charge in [0.2, 0.25) is 17.7 Å². The number of rotatable bonds is 1. The molecule has 112 valence electrons. The first kappa shape index (κ1) is 13.7. The van der Waals surface area contributed by atoms with Crippen LogP contribution in [-0.2, 0) is 14.3 Å². The summed E-state index contributed by atoms with van der Waals surface area (Å²) >= 11 is 0. The largest absolute Gasteiger partial charge is 0.374 e. The van der Waals surface area contributed by atoms with Crippen LogP contribution in [0.4, 0.5) is 8.78 Å². The fourth-order valence-corrected chi connectivity index (χ4v) is 3.20. The second-order valence-electron chi connectivity index (χ2n) is 5.84. The van der Waals surface area contributed by atoms with E-state index in [2.05, 4.69) is 5.32 Å². The lowest BCUT2D eigenvalue weighted by molar-refractivity contribution is -0.164. The standard InChI is InChI=1S/C13H18F2N2O3/c14-13(15)5-8(6-13)12(19)17-3-1-9-10(7-17)20-4-2-16-11(9)18/h8-10H,1-7H2,(H,16,18)/t9-,10+/m1/s1. The third kappa shape index (κ3) is 2.51. The van der Waals surface area contributed by atoms with Crippen LogP contribution in [0, 0.1) is 11.8 Å². The van der Waals surface area contributed by atoms with Gasteiger partial charge in [-0.25, -0.2) is 8.78 Å². The monoisotopic (exact) mass is 288 g/mol. The van der Waals surface area contributed by atoms with E-state index in [9.17, 15) is 18.4 Å². The molecule has 2 saturated heterocycles. The minimum atomic E-state index is -2.68. The Kier molecular flexibility index (Phi) is 3.40. The summed E-state index contributed by atoms with van der Waals surface area (Å²) in [5, 5.41) is 2.78. The van der Waals surface area contributed by atoms with Crippen LogP contribution >= 0.6 is 0 Å². The Morgan fingerprint density at radius 2 is 2.15 bits per heavy atom. The van der Waals surface area contributed by atoms with Gasteiger partial charge >= 0.3 is 0 Å². The lowest BCUT2D eigenvalue weighted by Gasteiger charge is -2.41. The molecule has 3 rings (SSSR count). The van der Waals surface area contributed by atoms with E-state index in [-0.39, 0.29) is 36.7 Å². The maximum Gasteiger partial charge on any atom is 0.249 e. The molecule has 0 unspecified atom stereocenters. The Hall–Kier alpha value is -1.24. The fraction of sp³-hybridized carbons (Fsp3) is 0.846. The summed E-state index contributed by atoms with van der Waals surface area (Å²) in [6, 6.07) is 0. The molecule has 0 bridgehead atoms. The van der Waals surface area contributed by atoms with Crippen LogP contribution in [0.5, 0.6) is 0 Å². The third-order valence-electron chi connectivity index (χ3n) is 4.38. The van der Waals surface area contributed by atoms with E-state index < -0.39 is 11.8 Å². The molecule has 3 aliphatic rings. The van der Waals surface area contributed by atoms with E-state index in [4.69, 9.17) is 4.74 Å². The van der Waals surface area contributed by atoms with E-state index in [1.54, 1.807) is 4.90 Å². The van der Waals surface area contributed by atoms with Gasteiger partial charge in [0.1, 0.15) is 0 Å². The highest BCUT2D eigenvalue weighted by Crippen LogP contribution is 2.43. The quantitative estimate of drug-likeness (QED) is 0.759. The number of ether oxygens (including phenoxy) is 1. The molecular weight excluding hydrogens is 270 g/mol. The maximum absolute atomic E-state index is 12.8. The number of amides is 2. The molecule has 1 aliphatic carbocycles. The topological polar surface area (TPSA) is 58.6 Å². The number of halogens is 2. The summed E-state index contributed by atoms with van der Waals surface area (Å²) in [4.78, 5) is 25.5. The Morgan fingerprint density at radius 1 is 1.40 bits per heavy atom. The van der Waals surface area contributed by atoms with Crippen molar-refractivity contribution in [1.82, 2.24) is 10.2 Å². The molecule has 2 aliphatic heterocycles. The maximum atomic E-state index is 12.8. The van der Waals surface area contributed by atoms with Gasteiger partial charge in [-0.15, -0.1) is 0 Å². The Morgan fingerprint density at radius 3 is 2.85 bits per heavy atom. The van der Waals surface area contributed by atoms with Crippen LogP contribution in [0.2, 0.25) is 0 Å². The summed E-state index contributed by atoms with van der Waals surface area (Å²) in [7, 11) is 0. The third-order valence-corrected chi connectivity index (χ3v) is 4.38. The van der Waals surface area contributed by atoms with Crippen molar-refractivity contribution in [3.63, 3.8) is 0 Å². The first-order valence-electron chi connectivity index (χ1n) is 7.02. The number of carbonyl (C=O) groups excluding carboxylic acids is 2. The van der Waals surface area contributed by atoms with Crippen molar-refractivity contribution in [3.05, 3.63) is 0 Å². The van der Waals surface area contributed by atoms with Crippen LogP contribution in [0.25, 0.3) is 0 Å². The fourth-order valence-electron chi connectivity index (χ4n) is 3.20. The van der Waals surface area contributed by atoms with Gasteiger partial charge in [0, 0.05) is 38.4 Å². The van der Waals surface area contributed by atoms with Crippen LogP contribution in [0.15, 0.2) is 0 Å². The van der Waals surface area contributed by atoms with Gasteiger partial charge < -0.3 is 15.0 Å². The average Bonchev–Trinajstić information content (AvgIpc) is 2.57. The summed E-state index contributed by atoms with van der Waals surface area (Å²) < 4.78 is 31.3. The second-order valence-corrected chi connectivity index (χ2v) is 5.84. The second kappa shape index (κ2) is 4.95. The lowest BCUT2D eigenvalue weighted by Crippen LogP contribution is -2.54. The van der Waals surface area contributed by atoms with E-state index in [0.29, 0.717) is 32.7 Å². The predicted octanol–water partition coefficient (Wildman–Crippen LogP) is 0.395. The van der Waals surface area contributed by atoms with Gasteiger partial charge in [0.05, 0.1) is 18.6 Å². The average molecular weight is 288 g/mol. The molecule has 0 aromatic heterocycles. The first-order chi connectivity index (χ1) is 9.46. The van der Waals surface area contributed by atoms with Crippen LogP contribution in [0.1, 0.15) is 19.3 Å². The Balaban J connectivity index is 1.60. The summed E-state index contributed by atoms with van der Waals surface area (Å²) in [6.07, 6.45) is -0.475.